The van der Waals surface area contributed by atoms with Crippen LogP contribution in [0.25, 0.3) is 0 Å². The molecule has 6 heteroatoms. The number of carbonyl (C=O) groups excluding carboxylic acids is 2. The summed E-state index contributed by atoms with van der Waals surface area (Å²) in [6, 6.07) is 25.4. The second-order valence-corrected chi connectivity index (χ2v) is 8.01. The Labute approximate surface area is 188 Å². The van der Waals surface area contributed by atoms with E-state index in [1.165, 1.54) is 17.2 Å². The summed E-state index contributed by atoms with van der Waals surface area (Å²) < 4.78 is 0. The molecule has 1 fully saturated rings. The predicted octanol–water partition coefficient (Wildman–Crippen LogP) is 3.57. The lowest BCUT2D eigenvalue weighted by atomic mass is 9.96. The molecule has 0 aliphatic carbocycles. The van der Waals surface area contributed by atoms with Crippen molar-refractivity contribution < 1.29 is 14.7 Å². The molecular weight excluding hydrogens is 402 g/mol. The molecule has 1 saturated heterocycles. The van der Waals surface area contributed by atoms with Gasteiger partial charge in [0.05, 0.1) is 6.04 Å². The van der Waals surface area contributed by atoms with E-state index in [2.05, 4.69) is 34.5 Å². The largest absolute Gasteiger partial charge is 0.508 e. The Balaban J connectivity index is 1.43. The molecule has 1 aliphatic heterocycles. The first-order chi connectivity index (χ1) is 15.5. The fraction of sp³-hybridized carbons (Fsp3) is 0.231. The van der Waals surface area contributed by atoms with Crippen LogP contribution >= 0.6 is 0 Å². The molecule has 1 heterocycles. The molecule has 0 radical (unpaired) electrons. The van der Waals surface area contributed by atoms with E-state index in [0.29, 0.717) is 37.4 Å². The maximum atomic E-state index is 12.7. The van der Waals surface area contributed by atoms with Crippen molar-refractivity contribution in [1.82, 2.24) is 9.80 Å². The van der Waals surface area contributed by atoms with Crippen LogP contribution in [0.3, 0.4) is 0 Å². The molecule has 0 unspecified atom stereocenters. The summed E-state index contributed by atoms with van der Waals surface area (Å²) in [6.07, 6.45) is 0. The van der Waals surface area contributed by atoms with Crippen LogP contribution in [0.4, 0.5) is 5.69 Å². The Morgan fingerprint density at radius 3 is 1.94 bits per heavy atom. The van der Waals surface area contributed by atoms with Gasteiger partial charge in [-0.15, -0.1) is 0 Å². The predicted molar refractivity (Wildman–Crippen MR) is 124 cm³/mol. The molecule has 2 amide bonds. The van der Waals surface area contributed by atoms with Crippen LogP contribution in [0.1, 0.15) is 22.7 Å². The zero-order chi connectivity index (χ0) is 22.5. The lowest BCUT2D eigenvalue weighted by Crippen LogP contribution is -2.52. The van der Waals surface area contributed by atoms with Crippen LogP contribution in [0.15, 0.2) is 78.9 Å². The summed E-state index contributed by atoms with van der Waals surface area (Å²) in [5, 5.41) is 12.2. The number of nitrogens with one attached hydrogen (secondary N) is 1. The lowest BCUT2D eigenvalue weighted by molar-refractivity contribution is -0.144. The van der Waals surface area contributed by atoms with Crippen LogP contribution in [-0.2, 0) is 9.59 Å². The highest BCUT2D eigenvalue weighted by Gasteiger charge is 2.30. The number of aromatic hydroxyl groups is 1. The van der Waals surface area contributed by atoms with Crippen molar-refractivity contribution >= 4 is 17.5 Å². The molecule has 1 aliphatic rings. The molecule has 0 saturated carbocycles. The van der Waals surface area contributed by atoms with E-state index >= 15 is 0 Å². The smallest absolute Gasteiger partial charge is 0.313 e. The van der Waals surface area contributed by atoms with Crippen molar-refractivity contribution in [3.05, 3.63) is 95.6 Å². The Morgan fingerprint density at radius 2 is 1.41 bits per heavy atom. The number of phenols is 1. The SMILES string of the molecule is Cc1cc(O)ccc1NC(=O)C(=O)N1CCN(C(c2ccccc2)c2ccccc2)CC1. The Hall–Kier alpha value is -3.64. The minimum absolute atomic E-state index is 0.100. The number of amides is 2. The van der Waals surface area contributed by atoms with E-state index in [4.69, 9.17) is 0 Å². The van der Waals surface area contributed by atoms with Gasteiger partial charge < -0.3 is 15.3 Å². The zero-order valence-electron chi connectivity index (χ0n) is 18.1. The molecule has 0 atom stereocenters. The number of hydrogen-bond acceptors (Lipinski definition) is 4. The molecule has 164 valence electrons. The third kappa shape index (κ3) is 4.81. The first-order valence-corrected chi connectivity index (χ1v) is 10.8. The Kier molecular flexibility index (Phi) is 6.52. The molecular formula is C26H27N3O3. The molecule has 2 N–H and O–H groups in total. The third-order valence-corrected chi connectivity index (χ3v) is 5.85. The average molecular weight is 430 g/mol. The van der Waals surface area contributed by atoms with Gasteiger partial charge in [0, 0.05) is 31.9 Å². The van der Waals surface area contributed by atoms with Gasteiger partial charge in [0.25, 0.3) is 0 Å². The second kappa shape index (κ2) is 9.66. The van der Waals surface area contributed by atoms with Crippen LogP contribution in [0.2, 0.25) is 0 Å². The number of rotatable bonds is 4. The number of anilines is 1. The van der Waals surface area contributed by atoms with Gasteiger partial charge in [-0.25, -0.2) is 0 Å². The average Bonchev–Trinajstić information content (AvgIpc) is 2.82. The molecule has 6 nitrogen and oxygen atoms in total. The monoisotopic (exact) mass is 429 g/mol. The molecule has 4 rings (SSSR count). The van der Waals surface area contributed by atoms with Gasteiger partial charge in [-0.3, -0.25) is 14.5 Å². The second-order valence-electron chi connectivity index (χ2n) is 8.01. The highest BCUT2D eigenvalue weighted by atomic mass is 16.3. The standard InChI is InChI=1S/C26H27N3O3/c1-19-18-22(30)12-13-23(19)27-25(31)26(32)29-16-14-28(15-17-29)24(20-8-4-2-5-9-20)21-10-6-3-7-11-21/h2-13,18,24,30H,14-17H2,1H3,(H,27,31). The molecule has 3 aromatic carbocycles. The van der Waals surface area contributed by atoms with Gasteiger partial charge in [0.2, 0.25) is 0 Å². The molecule has 0 aromatic heterocycles. The third-order valence-electron chi connectivity index (χ3n) is 5.85. The van der Waals surface area contributed by atoms with E-state index < -0.39 is 11.8 Å². The summed E-state index contributed by atoms with van der Waals surface area (Å²) in [4.78, 5) is 29.2. The van der Waals surface area contributed by atoms with Crippen LogP contribution in [0.5, 0.6) is 5.75 Å². The lowest BCUT2D eigenvalue weighted by Gasteiger charge is -2.39. The molecule has 0 bridgehead atoms. The highest BCUT2D eigenvalue weighted by Crippen LogP contribution is 2.29. The number of benzene rings is 3. The van der Waals surface area contributed by atoms with Crippen molar-refractivity contribution in [2.75, 3.05) is 31.5 Å². The quantitative estimate of drug-likeness (QED) is 0.491. The van der Waals surface area contributed by atoms with Crippen molar-refractivity contribution in [2.24, 2.45) is 0 Å². The van der Waals surface area contributed by atoms with E-state index in [9.17, 15) is 14.7 Å². The van der Waals surface area contributed by atoms with Gasteiger partial charge in [-0.1, -0.05) is 60.7 Å². The number of phenolic OH excluding ortho intramolecular Hbond substituents is 1. The van der Waals surface area contributed by atoms with Gasteiger partial charge in [0.1, 0.15) is 5.75 Å². The fourth-order valence-electron chi connectivity index (χ4n) is 4.18. The van der Waals surface area contributed by atoms with Gasteiger partial charge in [-0.2, -0.15) is 0 Å². The first-order valence-electron chi connectivity index (χ1n) is 10.8. The Morgan fingerprint density at radius 1 is 0.844 bits per heavy atom. The number of aryl methyl sites for hydroxylation is 1. The summed E-state index contributed by atoms with van der Waals surface area (Å²) >= 11 is 0. The van der Waals surface area contributed by atoms with Gasteiger partial charge in [0.15, 0.2) is 0 Å². The summed E-state index contributed by atoms with van der Waals surface area (Å²) in [5.74, 6) is -1.07. The molecule has 32 heavy (non-hydrogen) atoms. The van der Waals surface area contributed by atoms with E-state index in [1.54, 1.807) is 24.0 Å². The summed E-state index contributed by atoms with van der Waals surface area (Å²) in [5.41, 5.74) is 3.63. The van der Waals surface area contributed by atoms with Gasteiger partial charge >= 0.3 is 11.8 Å². The highest BCUT2D eigenvalue weighted by molar-refractivity contribution is 6.39. The topological polar surface area (TPSA) is 72.9 Å². The minimum atomic E-state index is -0.657. The van der Waals surface area contributed by atoms with Gasteiger partial charge in [-0.05, 0) is 41.8 Å². The zero-order valence-corrected chi connectivity index (χ0v) is 18.1. The van der Waals surface area contributed by atoms with E-state index in [-0.39, 0.29) is 11.8 Å². The van der Waals surface area contributed by atoms with Crippen LogP contribution in [0, 0.1) is 6.92 Å². The normalized spacial score (nSPS) is 14.4. The van der Waals surface area contributed by atoms with Crippen molar-refractivity contribution in [3.63, 3.8) is 0 Å². The number of hydrogen-bond donors (Lipinski definition) is 2. The van der Waals surface area contributed by atoms with Crippen molar-refractivity contribution in [3.8, 4) is 5.75 Å². The maximum Gasteiger partial charge on any atom is 0.313 e. The van der Waals surface area contributed by atoms with Crippen LogP contribution in [-0.4, -0.2) is 52.9 Å². The fourth-order valence-corrected chi connectivity index (χ4v) is 4.18. The van der Waals surface area contributed by atoms with Crippen molar-refractivity contribution in [2.45, 2.75) is 13.0 Å². The number of piperazine rings is 1. The molecule has 3 aromatic rings. The number of nitrogens with zero attached hydrogens (tertiary/aromatic N) is 2. The Bertz CT molecular complexity index is 1040. The summed E-state index contributed by atoms with van der Waals surface area (Å²) in [6.45, 7) is 4.08. The first kappa shape index (κ1) is 21.6. The van der Waals surface area contributed by atoms with Crippen LogP contribution < -0.4 is 5.32 Å². The van der Waals surface area contributed by atoms with Crippen molar-refractivity contribution in [1.29, 1.82) is 0 Å². The number of carbonyl (C=O) groups is 2. The maximum absolute atomic E-state index is 12.7. The minimum Gasteiger partial charge on any atom is -0.508 e. The molecule has 0 spiro atoms. The van der Waals surface area contributed by atoms with E-state index in [1.807, 2.05) is 36.4 Å². The summed E-state index contributed by atoms with van der Waals surface area (Å²) in [7, 11) is 0. The van der Waals surface area contributed by atoms with E-state index in [0.717, 1.165) is 0 Å².